The lowest BCUT2D eigenvalue weighted by molar-refractivity contribution is -0.124. The van der Waals surface area contributed by atoms with Crippen LogP contribution < -0.4 is 10.1 Å². The Labute approximate surface area is 125 Å². The number of carbonyl (C=O) groups excluding carboxylic acids is 2. The van der Waals surface area contributed by atoms with E-state index in [-0.39, 0.29) is 24.3 Å². The van der Waals surface area contributed by atoms with Crippen molar-refractivity contribution >= 4 is 11.7 Å². The van der Waals surface area contributed by atoms with Gasteiger partial charge in [-0.3, -0.25) is 9.59 Å². The molecule has 0 radical (unpaired) electrons. The number of hydrogen-bond donors (Lipinski definition) is 1. The van der Waals surface area contributed by atoms with Crippen LogP contribution in [0.2, 0.25) is 0 Å². The van der Waals surface area contributed by atoms with Gasteiger partial charge in [-0.15, -0.1) is 0 Å². The summed E-state index contributed by atoms with van der Waals surface area (Å²) >= 11 is 0. The van der Waals surface area contributed by atoms with Gasteiger partial charge in [0.1, 0.15) is 5.75 Å². The van der Waals surface area contributed by atoms with E-state index in [1.54, 1.807) is 24.3 Å². The van der Waals surface area contributed by atoms with E-state index in [1.165, 1.54) is 26.2 Å². The minimum absolute atomic E-state index is 0.0481. The first-order valence-electron chi connectivity index (χ1n) is 7.60. The van der Waals surface area contributed by atoms with Crippen molar-refractivity contribution in [1.29, 1.82) is 0 Å². The first-order chi connectivity index (χ1) is 10.1. The van der Waals surface area contributed by atoms with Gasteiger partial charge in [0, 0.05) is 6.04 Å². The Kier molecular flexibility index (Phi) is 5.37. The molecule has 0 aliphatic heterocycles. The fourth-order valence-electron chi connectivity index (χ4n) is 2.81. The standard InChI is InChI=1S/C17H23NO3/c1-12-7-3-5-9-15(12)18-17(20)11-21-16-10-6-4-8-14(16)13(2)19/h4,6,8,10,12,15H,3,5,7,9,11H2,1-2H3,(H,18,20)/t12-,15-/m1/s1. The molecule has 0 bridgehead atoms. The summed E-state index contributed by atoms with van der Waals surface area (Å²) < 4.78 is 5.50. The quantitative estimate of drug-likeness (QED) is 0.848. The van der Waals surface area contributed by atoms with E-state index in [9.17, 15) is 9.59 Å². The van der Waals surface area contributed by atoms with Crippen LogP contribution in [0.25, 0.3) is 0 Å². The van der Waals surface area contributed by atoms with Gasteiger partial charge in [0.2, 0.25) is 0 Å². The summed E-state index contributed by atoms with van der Waals surface area (Å²) in [6, 6.07) is 7.25. The molecule has 1 fully saturated rings. The van der Waals surface area contributed by atoms with Gasteiger partial charge in [0.15, 0.2) is 12.4 Å². The topological polar surface area (TPSA) is 55.4 Å². The molecule has 4 nitrogen and oxygen atoms in total. The zero-order valence-electron chi connectivity index (χ0n) is 12.7. The highest BCUT2D eigenvalue weighted by molar-refractivity contribution is 5.96. The van der Waals surface area contributed by atoms with Crippen molar-refractivity contribution in [3.63, 3.8) is 0 Å². The number of ketones is 1. The SMILES string of the molecule is CC(=O)c1ccccc1OCC(=O)N[C@@H]1CCCC[C@H]1C. The Morgan fingerprint density at radius 2 is 1.95 bits per heavy atom. The van der Waals surface area contributed by atoms with Crippen LogP contribution in [0, 0.1) is 5.92 Å². The van der Waals surface area contributed by atoms with Crippen LogP contribution in [0.15, 0.2) is 24.3 Å². The van der Waals surface area contributed by atoms with Crippen molar-refractivity contribution in [2.45, 2.75) is 45.6 Å². The van der Waals surface area contributed by atoms with Crippen LogP contribution in [-0.2, 0) is 4.79 Å². The molecule has 0 saturated heterocycles. The van der Waals surface area contributed by atoms with Crippen molar-refractivity contribution in [2.24, 2.45) is 5.92 Å². The number of Topliss-reactive ketones (excluding diaryl/α,β-unsaturated/α-hetero) is 1. The molecule has 0 heterocycles. The molecular formula is C17H23NO3. The lowest BCUT2D eigenvalue weighted by Gasteiger charge is -2.29. The minimum Gasteiger partial charge on any atom is -0.483 e. The predicted molar refractivity (Wildman–Crippen MR) is 81.5 cm³/mol. The number of hydrogen-bond acceptors (Lipinski definition) is 3. The molecule has 4 heteroatoms. The van der Waals surface area contributed by atoms with E-state index in [4.69, 9.17) is 4.74 Å². The molecule has 1 saturated carbocycles. The number of benzene rings is 1. The predicted octanol–water partition coefficient (Wildman–Crippen LogP) is 2.96. The van der Waals surface area contributed by atoms with Gasteiger partial charge in [0.25, 0.3) is 5.91 Å². The molecule has 0 unspecified atom stereocenters. The third-order valence-electron chi connectivity index (χ3n) is 4.08. The fourth-order valence-corrected chi connectivity index (χ4v) is 2.81. The van der Waals surface area contributed by atoms with Crippen LogP contribution in [0.5, 0.6) is 5.75 Å². The number of carbonyl (C=O) groups is 2. The second-order valence-corrected chi connectivity index (χ2v) is 5.78. The number of nitrogens with one attached hydrogen (secondary N) is 1. The van der Waals surface area contributed by atoms with Crippen LogP contribution >= 0.6 is 0 Å². The molecule has 2 atom stereocenters. The Balaban J connectivity index is 1.88. The van der Waals surface area contributed by atoms with Gasteiger partial charge in [0.05, 0.1) is 5.56 Å². The Bertz CT molecular complexity index is 513. The Morgan fingerprint density at radius 1 is 1.24 bits per heavy atom. The van der Waals surface area contributed by atoms with Crippen molar-refractivity contribution in [1.82, 2.24) is 5.32 Å². The third-order valence-corrected chi connectivity index (χ3v) is 4.08. The number of para-hydroxylation sites is 1. The third kappa shape index (κ3) is 4.31. The second kappa shape index (κ2) is 7.25. The van der Waals surface area contributed by atoms with E-state index in [0.717, 1.165) is 6.42 Å². The molecule has 1 aromatic rings. The lowest BCUT2D eigenvalue weighted by atomic mass is 9.86. The lowest BCUT2D eigenvalue weighted by Crippen LogP contribution is -2.43. The second-order valence-electron chi connectivity index (χ2n) is 5.78. The van der Waals surface area contributed by atoms with Gasteiger partial charge < -0.3 is 10.1 Å². The van der Waals surface area contributed by atoms with Crippen molar-refractivity contribution in [2.75, 3.05) is 6.61 Å². The van der Waals surface area contributed by atoms with E-state index in [2.05, 4.69) is 12.2 Å². The van der Waals surface area contributed by atoms with E-state index < -0.39 is 0 Å². The molecule has 1 amide bonds. The summed E-state index contributed by atoms with van der Waals surface area (Å²) in [5, 5.41) is 3.04. The highest BCUT2D eigenvalue weighted by Crippen LogP contribution is 2.23. The van der Waals surface area contributed by atoms with E-state index in [0.29, 0.717) is 17.2 Å². The fraction of sp³-hybridized carbons (Fsp3) is 0.529. The van der Waals surface area contributed by atoms with Gasteiger partial charge in [-0.1, -0.05) is 31.9 Å². The van der Waals surface area contributed by atoms with Crippen LogP contribution in [-0.4, -0.2) is 24.3 Å². The molecule has 1 aromatic carbocycles. The maximum Gasteiger partial charge on any atom is 0.258 e. The molecule has 1 aliphatic rings. The summed E-state index contributed by atoms with van der Waals surface area (Å²) in [5.41, 5.74) is 0.510. The molecule has 1 aliphatic carbocycles. The minimum atomic E-state index is -0.118. The average Bonchev–Trinajstić information content (AvgIpc) is 2.48. The Morgan fingerprint density at radius 3 is 2.67 bits per heavy atom. The van der Waals surface area contributed by atoms with Gasteiger partial charge >= 0.3 is 0 Å². The molecule has 0 aromatic heterocycles. The first-order valence-corrected chi connectivity index (χ1v) is 7.60. The zero-order valence-corrected chi connectivity index (χ0v) is 12.7. The normalized spacial score (nSPS) is 21.6. The van der Waals surface area contributed by atoms with Crippen LogP contribution in [0.3, 0.4) is 0 Å². The highest BCUT2D eigenvalue weighted by atomic mass is 16.5. The summed E-state index contributed by atoms with van der Waals surface area (Å²) in [6.45, 7) is 3.62. The smallest absolute Gasteiger partial charge is 0.258 e. The highest BCUT2D eigenvalue weighted by Gasteiger charge is 2.22. The average molecular weight is 289 g/mol. The monoisotopic (exact) mass is 289 g/mol. The van der Waals surface area contributed by atoms with Gasteiger partial charge in [-0.25, -0.2) is 0 Å². The maximum atomic E-state index is 12.0. The molecule has 2 rings (SSSR count). The first kappa shape index (κ1) is 15.5. The summed E-state index contributed by atoms with van der Waals surface area (Å²) in [6.07, 6.45) is 4.62. The van der Waals surface area contributed by atoms with Crippen molar-refractivity contribution < 1.29 is 14.3 Å². The van der Waals surface area contributed by atoms with E-state index in [1.807, 2.05) is 0 Å². The zero-order chi connectivity index (χ0) is 15.2. The summed E-state index contributed by atoms with van der Waals surface area (Å²) in [5.74, 6) is 0.808. The van der Waals surface area contributed by atoms with Gasteiger partial charge in [-0.2, -0.15) is 0 Å². The summed E-state index contributed by atoms with van der Waals surface area (Å²) in [4.78, 5) is 23.5. The van der Waals surface area contributed by atoms with Crippen LogP contribution in [0.4, 0.5) is 0 Å². The van der Waals surface area contributed by atoms with Crippen molar-refractivity contribution in [3.05, 3.63) is 29.8 Å². The van der Waals surface area contributed by atoms with Gasteiger partial charge in [-0.05, 0) is 37.8 Å². The Hall–Kier alpha value is -1.84. The van der Waals surface area contributed by atoms with Crippen LogP contribution in [0.1, 0.15) is 49.9 Å². The number of rotatable bonds is 5. The molecule has 114 valence electrons. The molecule has 21 heavy (non-hydrogen) atoms. The molecule has 0 spiro atoms. The number of ether oxygens (including phenoxy) is 1. The van der Waals surface area contributed by atoms with E-state index >= 15 is 0 Å². The molecular weight excluding hydrogens is 266 g/mol. The number of amides is 1. The molecule has 1 N–H and O–H groups in total. The summed E-state index contributed by atoms with van der Waals surface area (Å²) in [7, 11) is 0. The van der Waals surface area contributed by atoms with Crippen molar-refractivity contribution in [3.8, 4) is 5.75 Å². The maximum absolute atomic E-state index is 12.0. The largest absolute Gasteiger partial charge is 0.483 e.